The molecule has 0 unspecified atom stereocenters. The van der Waals surface area contributed by atoms with Crippen molar-refractivity contribution in [1.29, 1.82) is 0 Å². The van der Waals surface area contributed by atoms with Crippen molar-refractivity contribution in [3.8, 4) is 5.75 Å². The molecule has 24 heavy (non-hydrogen) atoms. The number of nitrogens with one attached hydrogen (secondary N) is 2. The number of hydrogen-bond donors (Lipinski definition) is 2. The van der Waals surface area contributed by atoms with Crippen molar-refractivity contribution < 1.29 is 9.53 Å². The lowest BCUT2D eigenvalue weighted by Gasteiger charge is -2.11. The molecule has 2 aromatic carbocycles. The minimum atomic E-state index is -0.195. The summed E-state index contributed by atoms with van der Waals surface area (Å²) in [6.07, 6.45) is 0. The number of carbonyl (C=O) groups is 1. The minimum Gasteiger partial charge on any atom is -0.497 e. The predicted octanol–water partition coefficient (Wildman–Crippen LogP) is 3.28. The van der Waals surface area contributed by atoms with Gasteiger partial charge >= 0.3 is 0 Å². The number of methoxy groups -OCH3 is 1. The third kappa shape index (κ3) is 5.12. The molecule has 0 fully saturated rings. The van der Waals surface area contributed by atoms with Crippen LogP contribution in [0.1, 0.15) is 19.4 Å². The summed E-state index contributed by atoms with van der Waals surface area (Å²) in [4.78, 5) is 12.0. The Hall–Kier alpha value is -2.82. The SMILES string of the molecule is COc1ccc(NCC(=O)NN=C(c2ccccc2)C(C)C)cc1. The zero-order chi connectivity index (χ0) is 17.4. The molecule has 2 rings (SSSR count). The quantitative estimate of drug-likeness (QED) is 0.606. The van der Waals surface area contributed by atoms with Crippen LogP contribution in [0.2, 0.25) is 0 Å². The highest BCUT2D eigenvalue weighted by atomic mass is 16.5. The van der Waals surface area contributed by atoms with E-state index in [1.165, 1.54) is 0 Å². The molecule has 0 heterocycles. The van der Waals surface area contributed by atoms with E-state index in [4.69, 9.17) is 4.74 Å². The van der Waals surface area contributed by atoms with Gasteiger partial charge in [-0.05, 0) is 35.7 Å². The van der Waals surface area contributed by atoms with Crippen LogP contribution < -0.4 is 15.5 Å². The third-order valence-electron chi connectivity index (χ3n) is 3.46. The van der Waals surface area contributed by atoms with Crippen LogP contribution in [0.25, 0.3) is 0 Å². The highest BCUT2D eigenvalue weighted by Crippen LogP contribution is 2.14. The third-order valence-corrected chi connectivity index (χ3v) is 3.46. The predicted molar refractivity (Wildman–Crippen MR) is 97.4 cm³/mol. The molecule has 126 valence electrons. The largest absolute Gasteiger partial charge is 0.497 e. The van der Waals surface area contributed by atoms with Gasteiger partial charge in [-0.3, -0.25) is 4.79 Å². The molecular formula is C19H23N3O2. The van der Waals surface area contributed by atoms with E-state index >= 15 is 0 Å². The first kappa shape index (κ1) is 17.5. The van der Waals surface area contributed by atoms with Gasteiger partial charge in [0.25, 0.3) is 5.91 Å². The molecule has 0 saturated heterocycles. The topological polar surface area (TPSA) is 62.7 Å². The van der Waals surface area contributed by atoms with Crippen LogP contribution in [0.5, 0.6) is 5.75 Å². The van der Waals surface area contributed by atoms with Crippen LogP contribution in [0.3, 0.4) is 0 Å². The Bertz CT molecular complexity index is 680. The molecule has 0 spiro atoms. The van der Waals surface area contributed by atoms with Gasteiger partial charge in [0.1, 0.15) is 5.75 Å². The molecule has 0 atom stereocenters. The van der Waals surface area contributed by atoms with E-state index in [9.17, 15) is 4.79 Å². The van der Waals surface area contributed by atoms with E-state index in [2.05, 4.69) is 15.8 Å². The van der Waals surface area contributed by atoms with E-state index < -0.39 is 0 Å². The van der Waals surface area contributed by atoms with Gasteiger partial charge in [-0.15, -0.1) is 0 Å². The molecule has 5 nitrogen and oxygen atoms in total. The molecule has 1 amide bonds. The molecule has 0 aliphatic rings. The molecule has 0 saturated carbocycles. The molecule has 0 aromatic heterocycles. The standard InChI is InChI=1S/C19H23N3O2/c1-14(2)19(15-7-5-4-6-8-15)22-21-18(23)13-20-16-9-11-17(24-3)12-10-16/h4-12,14,20H,13H2,1-3H3,(H,21,23). The number of nitrogens with zero attached hydrogens (tertiary/aromatic N) is 1. The number of amides is 1. The van der Waals surface area contributed by atoms with Gasteiger partial charge in [0.2, 0.25) is 0 Å². The van der Waals surface area contributed by atoms with Crippen LogP contribution in [0.15, 0.2) is 59.7 Å². The van der Waals surface area contributed by atoms with E-state index in [-0.39, 0.29) is 18.4 Å². The summed E-state index contributed by atoms with van der Waals surface area (Å²) < 4.78 is 5.10. The first-order chi connectivity index (χ1) is 11.6. The zero-order valence-corrected chi connectivity index (χ0v) is 14.2. The second-order valence-electron chi connectivity index (χ2n) is 5.63. The smallest absolute Gasteiger partial charge is 0.259 e. The number of benzene rings is 2. The molecule has 0 aliphatic heterocycles. The summed E-state index contributed by atoms with van der Waals surface area (Å²) in [7, 11) is 1.62. The second-order valence-corrected chi connectivity index (χ2v) is 5.63. The number of anilines is 1. The Balaban J connectivity index is 1.92. The van der Waals surface area contributed by atoms with Gasteiger partial charge in [0, 0.05) is 5.69 Å². The average molecular weight is 325 g/mol. The van der Waals surface area contributed by atoms with Gasteiger partial charge in [-0.2, -0.15) is 5.10 Å². The molecule has 0 radical (unpaired) electrons. The number of hydrazone groups is 1. The highest BCUT2D eigenvalue weighted by Gasteiger charge is 2.09. The summed E-state index contributed by atoms with van der Waals surface area (Å²) in [6.45, 7) is 4.25. The number of carbonyl (C=O) groups excluding carboxylic acids is 1. The Labute approximate surface area is 142 Å². The van der Waals surface area contributed by atoms with Crippen molar-refractivity contribution in [2.24, 2.45) is 11.0 Å². The average Bonchev–Trinajstić information content (AvgIpc) is 2.61. The Morgan fingerprint density at radius 2 is 1.75 bits per heavy atom. The number of rotatable bonds is 7. The first-order valence-electron chi connectivity index (χ1n) is 7.90. The Morgan fingerprint density at radius 1 is 1.08 bits per heavy atom. The maximum absolute atomic E-state index is 12.0. The van der Waals surface area contributed by atoms with Gasteiger partial charge in [0.15, 0.2) is 0 Å². The van der Waals surface area contributed by atoms with Crippen molar-refractivity contribution in [3.63, 3.8) is 0 Å². The van der Waals surface area contributed by atoms with Crippen molar-refractivity contribution in [1.82, 2.24) is 5.43 Å². The van der Waals surface area contributed by atoms with Crippen LogP contribution in [-0.4, -0.2) is 25.3 Å². The molecule has 2 aromatic rings. The number of hydrogen-bond acceptors (Lipinski definition) is 4. The van der Waals surface area contributed by atoms with E-state index in [0.717, 1.165) is 22.7 Å². The van der Waals surface area contributed by atoms with Gasteiger partial charge in [-0.1, -0.05) is 44.2 Å². The monoisotopic (exact) mass is 325 g/mol. The summed E-state index contributed by atoms with van der Waals surface area (Å²) in [5, 5.41) is 7.34. The normalized spacial score (nSPS) is 11.2. The molecule has 2 N–H and O–H groups in total. The Morgan fingerprint density at radius 3 is 2.33 bits per heavy atom. The minimum absolute atomic E-state index is 0.149. The zero-order valence-electron chi connectivity index (χ0n) is 14.2. The maximum Gasteiger partial charge on any atom is 0.259 e. The summed E-state index contributed by atoms with van der Waals surface area (Å²) in [5.74, 6) is 0.793. The fourth-order valence-corrected chi connectivity index (χ4v) is 2.19. The van der Waals surface area contributed by atoms with Crippen molar-refractivity contribution in [2.45, 2.75) is 13.8 Å². The lowest BCUT2D eigenvalue weighted by atomic mass is 10.0. The van der Waals surface area contributed by atoms with E-state index in [1.54, 1.807) is 7.11 Å². The van der Waals surface area contributed by atoms with E-state index in [0.29, 0.717) is 0 Å². The summed E-state index contributed by atoms with van der Waals surface area (Å²) in [6, 6.07) is 17.2. The fourth-order valence-electron chi connectivity index (χ4n) is 2.19. The fraction of sp³-hybridized carbons (Fsp3) is 0.263. The maximum atomic E-state index is 12.0. The van der Waals surface area contributed by atoms with Gasteiger partial charge in [0.05, 0.1) is 19.4 Å². The molecular weight excluding hydrogens is 302 g/mol. The molecule has 5 heteroatoms. The van der Waals surface area contributed by atoms with Gasteiger partial charge < -0.3 is 10.1 Å². The van der Waals surface area contributed by atoms with Crippen LogP contribution in [0, 0.1) is 5.92 Å². The second kappa shape index (κ2) is 8.72. The van der Waals surface area contributed by atoms with Crippen LogP contribution >= 0.6 is 0 Å². The molecule has 0 bridgehead atoms. The van der Waals surface area contributed by atoms with Crippen LogP contribution in [0.4, 0.5) is 5.69 Å². The highest BCUT2D eigenvalue weighted by molar-refractivity contribution is 6.02. The van der Waals surface area contributed by atoms with Crippen molar-refractivity contribution in [2.75, 3.05) is 19.0 Å². The number of ether oxygens (including phenoxy) is 1. The Kier molecular flexibility index (Phi) is 6.37. The molecule has 0 aliphatic carbocycles. The summed E-state index contributed by atoms with van der Waals surface area (Å²) >= 11 is 0. The van der Waals surface area contributed by atoms with Crippen LogP contribution in [-0.2, 0) is 4.79 Å². The lowest BCUT2D eigenvalue weighted by Crippen LogP contribution is -2.28. The first-order valence-corrected chi connectivity index (χ1v) is 7.90. The van der Waals surface area contributed by atoms with Gasteiger partial charge in [-0.25, -0.2) is 5.43 Å². The van der Waals surface area contributed by atoms with Crippen molar-refractivity contribution in [3.05, 3.63) is 60.2 Å². The lowest BCUT2D eigenvalue weighted by molar-refractivity contribution is -0.119. The van der Waals surface area contributed by atoms with Crippen molar-refractivity contribution >= 4 is 17.3 Å². The van der Waals surface area contributed by atoms with E-state index in [1.807, 2.05) is 68.4 Å². The summed E-state index contributed by atoms with van der Waals surface area (Å²) in [5.41, 5.74) is 5.33.